The molecule has 0 spiro atoms. The van der Waals surface area contributed by atoms with E-state index in [1.807, 2.05) is 0 Å². The van der Waals surface area contributed by atoms with Gasteiger partial charge in [0.15, 0.2) is 5.65 Å². The van der Waals surface area contributed by atoms with Crippen LogP contribution in [-0.2, 0) is 13.2 Å². The molecule has 0 unspecified atom stereocenters. The Morgan fingerprint density at radius 2 is 1.83 bits per heavy atom. The van der Waals surface area contributed by atoms with Crippen molar-refractivity contribution >= 4 is 22.7 Å². The molecule has 0 bridgehead atoms. The fraction of sp³-hybridized carbons (Fsp3) is 0.286. The molecule has 0 saturated carbocycles. The van der Waals surface area contributed by atoms with Crippen molar-refractivity contribution < 1.29 is 13.2 Å². The predicted molar refractivity (Wildman–Crippen MR) is 82.5 cm³/mol. The number of halogens is 3. The van der Waals surface area contributed by atoms with Gasteiger partial charge in [-0.3, -0.25) is 4.68 Å². The van der Waals surface area contributed by atoms with Crippen LogP contribution >= 0.6 is 0 Å². The summed E-state index contributed by atoms with van der Waals surface area (Å²) in [6.45, 7) is 0.966. The van der Waals surface area contributed by atoms with Gasteiger partial charge >= 0.3 is 6.18 Å². The molecule has 3 aromatic heterocycles. The fourth-order valence-electron chi connectivity index (χ4n) is 2.14. The quantitative estimate of drug-likeness (QED) is 0.696. The predicted octanol–water partition coefficient (Wildman–Crippen LogP) is 2.30. The molecule has 2 N–H and O–H groups in total. The highest BCUT2D eigenvalue weighted by Gasteiger charge is 2.30. The number of pyridine rings is 1. The van der Waals surface area contributed by atoms with Crippen LogP contribution in [0.25, 0.3) is 11.0 Å². The summed E-state index contributed by atoms with van der Waals surface area (Å²) in [4.78, 5) is 12.0. The van der Waals surface area contributed by atoms with Gasteiger partial charge in [0.2, 0.25) is 0 Å². The summed E-state index contributed by atoms with van der Waals surface area (Å²) in [6, 6.07) is 2.29. The van der Waals surface area contributed by atoms with Gasteiger partial charge in [-0.05, 0) is 12.1 Å². The van der Waals surface area contributed by atoms with Crippen molar-refractivity contribution in [2.75, 3.05) is 23.7 Å². The first-order valence-corrected chi connectivity index (χ1v) is 7.09. The maximum absolute atomic E-state index is 12.5. The van der Waals surface area contributed by atoms with Crippen molar-refractivity contribution in [3.8, 4) is 0 Å². The second-order valence-corrected chi connectivity index (χ2v) is 5.01. The number of hydrogen-bond acceptors (Lipinski definition) is 6. The molecule has 3 heterocycles. The van der Waals surface area contributed by atoms with Gasteiger partial charge in [-0.15, -0.1) is 0 Å². The van der Waals surface area contributed by atoms with Crippen molar-refractivity contribution in [2.24, 2.45) is 7.05 Å². The summed E-state index contributed by atoms with van der Waals surface area (Å²) in [5, 5.41) is 11.0. The Labute approximate surface area is 134 Å². The monoisotopic (exact) mass is 337 g/mol. The molecule has 0 aliphatic carbocycles. The van der Waals surface area contributed by atoms with E-state index in [9.17, 15) is 13.2 Å². The number of alkyl halides is 3. The normalized spacial score (nSPS) is 11.7. The topological polar surface area (TPSA) is 80.5 Å². The van der Waals surface area contributed by atoms with Crippen molar-refractivity contribution in [2.45, 2.75) is 6.18 Å². The molecule has 0 saturated heterocycles. The molecule has 3 rings (SSSR count). The summed E-state index contributed by atoms with van der Waals surface area (Å²) in [6.07, 6.45) is -0.464. The van der Waals surface area contributed by atoms with E-state index in [4.69, 9.17) is 0 Å². The maximum Gasteiger partial charge on any atom is 0.417 e. The van der Waals surface area contributed by atoms with Gasteiger partial charge in [-0.1, -0.05) is 0 Å². The van der Waals surface area contributed by atoms with Crippen molar-refractivity contribution in [3.63, 3.8) is 0 Å². The molecule has 0 aromatic carbocycles. The summed E-state index contributed by atoms with van der Waals surface area (Å²) in [7, 11) is 1.79. The zero-order chi connectivity index (χ0) is 17.2. The molecular formula is C14H14F3N7. The van der Waals surface area contributed by atoms with Gasteiger partial charge in [-0.2, -0.15) is 18.3 Å². The molecule has 0 aliphatic heterocycles. The van der Waals surface area contributed by atoms with Crippen molar-refractivity contribution in [1.82, 2.24) is 24.7 Å². The standard InChI is InChI=1S/C14H14F3N7/c1-24-13-10(7-23-24)12(21-8-22-13)19-5-4-18-11-3-2-9(6-20-11)14(15,16)17/h2-3,6-8H,4-5H2,1H3,(H,18,20)(H,19,21,22). The molecule has 0 amide bonds. The third kappa shape index (κ3) is 3.36. The molecule has 0 radical (unpaired) electrons. The van der Waals surface area contributed by atoms with E-state index in [-0.39, 0.29) is 0 Å². The zero-order valence-electron chi connectivity index (χ0n) is 12.7. The fourth-order valence-corrected chi connectivity index (χ4v) is 2.14. The van der Waals surface area contributed by atoms with Gasteiger partial charge in [0.05, 0.1) is 17.1 Å². The van der Waals surface area contributed by atoms with Crippen LogP contribution < -0.4 is 10.6 Å². The SMILES string of the molecule is Cn1ncc2c(NCCNc3ccc(C(F)(F)F)cn3)ncnc21. The van der Waals surface area contributed by atoms with Gasteiger partial charge in [0, 0.05) is 26.3 Å². The van der Waals surface area contributed by atoms with Gasteiger partial charge in [0.1, 0.15) is 18.0 Å². The lowest BCUT2D eigenvalue weighted by Gasteiger charge is -2.10. The molecular weight excluding hydrogens is 323 g/mol. The number of fused-ring (bicyclic) bond motifs is 1. The summed E-state index contributed by atoms with van der Waals surface area (Å²) in [5.41, 5.74) is -0.0593. The largest absolute Gasteiger partial charge is 0.417 e. The number of rotatable bonds is 5. The van der Waals surface area contributed by atoms with E-state index >= 15 is 0 Å². The summed E-state index contributed by atoms with van der Waals surface area (Å²) < 4.78 is 39.0. The number of nitrogens with one attached hydrogen (secondary N) is 2. The smallest absolute Gasteiger partial charge is 0.368 e. The number of aromatic nitrogens is 5. The average Bonchev–Trinajstić information content (AvgIpc) is 2.93. The highest BCUT2D eigenvalue weighted by molar-refractivity contribution is 5.85. The first kappa shape index (κ1) is 16.0. The van der Waals surface area contributed by atoms with Gasteiger partial charge in [0.25, 0.3) is 0 Å². The lowest BCUT2D eigenvalue weighted by atomic mass is 10.3. The molecule has 0 fully saturated rings. The summed E-state index contributed by atoms with van der Waals surface area (Å²) in [5.74, 6) is 1.02. The number of aryl methyl sites for hydroxylation is 1. The van der Waals surface area contributed by atoms with Crippen molar-refractivity contribution in [1.29, 1.82) is 0 Å². The first-order chi connectivity index (χ1) is 11.4. The summed E-state index contributed by atoms with van der Waals surface area (Å²) >= 11 is 0. The Hall–Kier alpha value is -2.91. The van der Waals surface area contributed by atoms with E-state index in [1.54, 1.807) is 17.9 Å². The van der Waals surface area contributed by atoms with Crippen LogP contribution in [0.15, 0.2) is 30.9 Å². The van der Waals surface area contributed by atoms with Gasteiger partial charge in [-0.25, -0.2) is 15.0 Å². The van der Waals surface area contributed by atoms with E-state index in [0.717, 1.165) is 17.6 Å². The highest BCUT2D eigenvalue weighted by Crippen LogP contribution is 2.28. The minimum Gasteiger partial charge on any atom is -0.368 e. The minimum absolute atomic E-state index is 0.374. The molecule has 3 aromatic rings. The second-order valence-electron chi connectivity index (χ2n) is 5.01. The average molecular weight is 337 g/mol. The first-order valence-electron chi connectivity index (χ1n) is 7.09. The van der Waals surface area contributed by atoms with Crippen LogP contribution in [0.4, 0.5) is 24.8 Å². The second kappa shape index (κ2) is 6.30. The van der Waals surface area contributed by atoms with Crippen LogP contribution in [0.2, 0.25) is 0 Å². The van der Waals surface area contributed by atoms with Crippen LogP contribution in [-0.4, -0.2) is 37.8 Å². The minimum atomic E-state index is -4.38. The molecule has 7 nitrogen and oxygen atoms in total. The zero-order valence-corrected chi connectivity index (χ0v) is 12.7. The number of hydrogen-bond donors (Lipinski definition) is 2. The third-order valence-electron chi connectivity index (χ3n) is 3.34. The van der Waals surface area contributed by atoms with E-state index < -0.39 is 11.7 Å². The highest BCUT2D eigenvalue weighted by atomic mass is 19.4. The number of nitrogens with zero attached hydrogens (tertiary/aromatic N) is 5. The van der Waals surface area contributed by atoms with Crippen LogP contribution in [0, 0.1) is 0 Å². The van der Waals surface area contributed by atoms with E-state index in [0.29, 0.717) is 30.4 Å². The van der Waals surface area contributed by atoms with Crippen LogP contribution in [0.1, 0.15) is 5.56 Å². The molecule has 126 valence electrons. The Morgan fingerprint density at radius 3 is 2.54 bits per heavy atom. The Kier molecular flexibility index (Phi) is 4.19. The van der Waals surface area contributed by atoms with Crippen LogP contribution in [0.3, 0.4) is 0 Å². The van der Waals surface area contributed by atoms with E-state index in [2.05, 4.69) is 30.7 Å². The van der Waals surface area contributed by atoms with Gasteiger partial charge < -0.3 is 10.6 Å². The lowest BCUT2D eigenvalue weighted by molar-refractivity contribution is -0.137. The molecule has 0 aliphatic rings. The van der Waals surface area contributed by atoms with E-state index in [1.165, 1.54) is 12.4 Å². The Balaban J connectivity index is 1.55. The maximum atomic E-state index is 12.5. The lowest BCUT2D eigenvalue weighted by Crippen LogP contribution is -2.15. The molecule has 24 heavy (non-hydrogen) atoms. The van der Waals surface area contributed by atoms with Crippen molar-refractivity contribution in [3.05, 3.63) is 36.4 Å². The molecule has 0 atom stereocenters. The van der Waals surface area contributed by atoms with Crippen LogP contribution in [0.5, 0.6) is 0 Å². The third-order valence-corrected chi connectivity index (χ3v) is 3.34. The number of anilines is 2. The molecule has 10 heteroatoms. The Morgan fingerprint density at radius 1 is 1.04 bits per heavy atom. The Bertz CT molecular complexity index is 826.